The van der Waals surface area contributed by atoms with Crippen molar-refractivity contribution in [3.8, 4) is 0 Å². The number of carbonyl (C=O) groups is 2. The summed E-state index contributed by atoms with van der Waals surface area (Å²) in [7, 11) is 0. The molecule has 1 fully saturated rings. The van der Waals surface area contributed by atoms with Crippen LogP contribution in [0.25, 0.3) is 0 Å². The van der Waals surface area contributed by atoms with Gasteiger partial charge in [-0.3, -0.25) is 9.59 Å². The van der Waals surface area contributed by atoms with Crippen LogP contribution in [0.2, 0.25) is 0 Å². The van der Waals surface area contributed by atoms with Gasteiger partial charge in [0, 0.05) is 12.6 Å². The van der Waals surface area contributed by atoms with Crippen molar-refractivity contribution in [1.29, 1.82) is 0 Å². The first-order chi connectivity index (χ1) is 8.38. The van der Waals surface area contributed by atoms with Crippen LogP contribution in [0.4, 0.5) is 0 Å². The van der Waals surface area contributed by atoms with E-state index in [1.165, 1.54) is 0 Å². The van der Waals surface area contributed by atoms with Crippen molar-refractivity contribution >= 4 is 17.6 Å². The molecule has 3 unspecified atom stereocenters. The normalized spacial score (nSPS) is 26.8. The first-order valence-corrected chi connectivity index (χ1v) is 5.95. The first-order valence-electron chi connectivity index (χ1n) is 5.95. The molecule has 0 aromatic heterocycles. The van der Waals surface area contributed by atoms with Gasteiger partial charge in [-0.25, -0.2) is 0 Å². The van der Waals surface area contributed by atoms with E-state index in [4.69, 9.17) is 16.7 Å². The molecular formula is C11H20N4O3. The fourth-order valence-corrected chi connectivity index (χ4v) is 2.11. The third-order valence-electron chi connectivity index (χ3n) is 3.50. The van der Waals surface area contributed by atoms with Crippen LogP contribution in [0.1, 0.15) is 26.7 Å². The second kappa shape index (κ2) is 5.70. The van der Waals surface area contributed by atoms with Crippen LogP contribution in [0, 0.1) is 11.8 Å². The molecule has 1 saturated heterocycles. The minimum absolute atomic E-state index is 0.0297. The fraction of sp³-hybridized carbons (Fsp3) is 0.727. The number of primary amides is 1. The predicted molar refractivity (Wildman–Crippen MR) is 65.7 cm³/mol. The lowest BCUT2D eigenvalue weighted by molar-refractivity contribution is -0.139. The molecule has 7 heteroatoms. The first kappa shape index (κ1) is 14.3. The van der Waals surface area contributed by atoms with Gasteiger partial charge >= 0.3 is 0 Å². The van der Waals surface area contributed by atoms with Crippen molar-refractivity contribution in [2.24, 2.45) is 28.5 Å². The van der Waals surface area contributed by atoms with Crippen LogP contribution in [-0.2, 0) is 9.59 Å². The van der Waals surface area contributed by atoms with Gasteiger partial charge in [0.15, 0.2) is 5.84 Å². The Kier molecular flexibility index (Phi) is 4.52. The Balaban J connectivity index is 2.79. The number of amidine groups is 1. The van der Waals surface area contributed by atoms with Crippen molar-refractivity contribution in [2.45, 2.75) is 32.7 Å². The highest BCUT2D eigenvalue weighted by molar-refractivity contribution is 6.01. The largest absolute Gasteiger partial charge is 0.409 e. The number of hydrogen-bond donors (Lipinski definition) is 3. The summed E-state index contributed by atoms with van der Waals surface area (Å²) >= 11 is 0. The highest BCUT2D eigenvalue weighted by Gasteiger charge is 2.34. The van der Waals surface area contributed by atoms with E-state index >= 15 is 0 Å². The molecule has 1 aliphatic rings. The molecule has 1 rings (SSSR count). The number of hydrogen-bond acceptors (Lipinski definition) is 4. The average molecular weight is 256 g/mol. The maximum Gasteiger partial charge on any atom is 0.233 e. The van der Waals surface area contributed by atoms with Crippen molar-refractivity contribution < 1.29 is 14.8 Å². The van der Waals surface area contributed by atoms with Crippen LogP contribution < -0.4 is 11.5 Å². The van der Waals surface area contributed by atoms with E-state index < -0.39 is 11.8 Å². The summed E-state index contributed by atoms with van der Waals surface area (Å²) in [5.41, 5.74) is 10.7. The minimum atomic E-state index is -0.705. The molecule has 0 aromatic carbocycles. The zero-order chi connectivity index (χ0) is 13.9. The van der Waals surface area contributed by atoms with Crippen LogP contribution in [0.5, 0.6) is 0 Å². The van der Waals surface area contributed by atoms with Crippen molar-refractivity contribution in [2.75, 3.05) is 6.54 Å². The Labute approximate surface area is 106 Å². The number of oxime groups is 1. The summed E-state index contributed by atoms with van der Waals surface area (Å²) in [6, 6.07) is 0.0297. The zero-order valence-electron chi connectivity index (χ0n) is 10.7. The molecule has 0 spiro atoms. The lowest BCUT2D eigenvalue weighted by Gasteiger charge is -2.38. The number of amides is 2. The maximum absolute atomic E-state index is 12.2. The Morgan fingerprint density at radius 2 is 2.00 bits per heavy atom. The predicted octanol–water partition coefficient (Wildman–Crippen LogP) is -0.519. The summed E-state index contributed by atoms with van der Waals surface area (Å²) < 4.78 is 0. The van der Waals surface area contributed by atoms with Crippen molar-refractivity contribution in [3.63, 3.8) is 0 Å². The Bertz CT molecular complexity index is 369. The molecule has 0 saturated carbocycles. The van der Waals surface area contributed by atoms with Crippen molar-refractivity contribution in [3.05, 3.63) is 0 Å². The molecule has 0 bridgehead atoms. The molecule has 5 N–H and O–H groups in total. The van der Waals surface area contributed by atoms with E-state index in [0.29, 0.717) is 13.0 Å². The highest BCUT2D eigenvalue weighted by atomic mass is 16.4. The van der Waals surface area contributed by atoms with E-state index in [-0.39, 0.29) is 23.7 Å². The van der Waals surface area contributed by atoms with Crippen LogP contribution in [0.15, 0.2) is 5.16 Å². The van der Waals surface area contributed by atoms with Gasteiger partial charge in [-0.15, -0.1) is 0 Å². The lowest BCUT2D eigenvalue weighted by atomic mass is 9.91. The van der Waals surface area contributed by atoms with E-state index in [1.807, 2.05) is 6.92 Å². The Morgan fingerprint density at radius 1 is 1.39 bits per heavy atom. The summed E-state index contributed by atoms with van der Waals surface area (Å²) in [6.45, 7) is 3.78. The number of rotatable bonds is 3. The van der Waals surface area contributed by atoms with Gasteiger partial charge in [0.2, 0.25) is 11.8 Å². The summed E-state index contributed by atoms with van der Waals surface area (Å²) in [5, 5.41) is 11.4. The van der Waals surface area contributed by atoms with E-state index in [0.717, 1.165) is 6.42 Å². The van der Waals surface area contributed by atoms with E-state index in [9.17, 15) is 9.59 Å². The van der Waals surface area contributed by atoms with Crippen molar-refractivity contribution in [1.82, 2.24) is 4.90 Å². The van der Waals surface area contributed by atoms with Crippen LogP contribution in [0.3, 0.4) is 0 Å². The molecule has 1 heterocycles. The molecule has 0 radical (unpaired) electrons. The number of nitrogens with zero attached hydrogens (tertiary/aromatic N) is 2. The van der Waals surface area contributed by atoms with E-state index in [1.54, 1.807) is 11.8 Å². The second-order valence-electron chi connectivity index (χ2n) is 4.76. The molecule has 3 atom stereocenters. The SMILES string of the molecule is CC(C(=O)N1CC(C(N)=O)CCC1C)C(N)=NO. The third kappa shape index (κ3) is 2.91. The molecule has 7 nitrogen and oxygen atoms in total. The Hall–Kier alpha value is -1.79. The number of piperidine rings is 1. The highest BCUT2D eigenvalue weighted by Crippen LogP contribution is 2.23. The van der Waals surface area contributed by atoms with Crippen LogP contribution in [-0.4, -0.2) is 40.3 Å². The number of carbonyl (C=O) groups excluding carboxylic acids is 2. The lowest BCUT2D eigenvalue weighted by Crippen LogP contribution is -2.51. The molecule has 2 amide bonds. The van der Waals surface area contributed by atoms with Gasteiger partial charge < -0.3 is 21.6 Å². The molecule has 102 valence electrons. The minimum Gasteiger partial charge on any atom is -0.409 e. The molecule has 1 aliphatic heterocycles. The van der Waals surface area contributed by atoms with Gasteiger partial charge in [-0.1, -0.05) is 5.16 Å². The number of likely N-dealkylation sites (tertiary alicyclic amines) is 1. The number of nitrogens with two attached hydrogens (primary N) is 2. The quantitative estimate of drug-likeness (QED) is 0.272. The smallest absolute Gasteiger partial charge is 0.233 e. The monoisotopic (exact) mass is 256 g/mol. The third-order valence-corrected chi connectivity index (χ3v) is 3.50. The van der Waals surface area contributed by atoms with Gasteiger partial charge in [0.05, 0.1) is 11.8 Å². The molecule has 0 aromatic rings. The van der Waals surface area contributed by atoms with Crippen LogP contribution >= 0.6 is 0 Å². The van der Waals surface area contributed by atoms with Gasteiger partial charge in [-0.05, 0) is 26.7 Å². The standard InChI is InChI=1S/C11H20N4O3/c1-6-3-4-8(10(13)16)5-15(6)11(17)7(2)9(12)14-18/h6-8,18H,3-5H2,1-2H3,(H2,12,14)(H2,13,16). The molecule has 18 heavy (non-hydrogen) atoms. The molecular weight excluding hydrogens is 236 g/mol. The second-order valence-corrected chi connectivity index (χ2v) is 4.76. The van der Waals surface area contributed by atoms with Gasteiger partial charge in [0.25, 0.3) is 0 Å². The van der Waals surface area contributed by atoms with Gasteiger partial charge in [0.1, 0.15) is 0 Å². The van der Waals surface area contributed by atoms with Gasteiger partial charge in [-0.2, -0.15) is 0 Å². The zero-order valence-corrected chi connectivity index (χ0v) is 10.7. The maximum atomic E-state index is 12.2. The van der Waals surface area contributed by atoms with E-state index in [2.05, 4.69) is 5.16 Å². The average Bonchev–Trinajstić information content (AvgIpc) is 2.36. The fourth-order valence-electron chi connectivity index (χ4n) is 2.11. The summed E-state index contributed by atoms with van der Waals surface area (Å²) in [5.74, 6) is -1.79. The summed E-state index contributed by atoms with van der Waals surface area (Å²) in [4.78, 5) is 24.9. The summed E-state index contributed by atoms with van der Waals surface area (Å²) in [6.07, 6.45) is 1.42. The topological polar surface area (TPSA) is 122 Å². The Morgan fingerprint density at radius 3 is 2.50 bits per heavy atom. The molecule has 0 aliphatic carbocycles.